The topological polar surface area (TPSA) is 55.8 Å². The molecule has 2 heterocycles. The Hall–Kier alpha value is -2.12. The highest BCUT2D eigenvalue weighted by atomic mass is 32.2. The first-order valence-corrected chi connectivity index (χ1v) is 11.9. The molecule has 162 valence electrons. The Labute approximate surface area is 177 Å². The summed E-state index contributed by atoms with van der Waals surface area (Å²) >= 11 is 0. The fourth-order valence-electron chi connectivity index (χ4n) is 4.72. The number of methoxy groups -OCH3 is 2. The van der Waals surface area contributed by atoms with E-state index in [2.05, 4.69) is 4.90 Å². The van der Waals surface area contributed by atoms with Crippen molar-refractivity contribution in [3.8, 4) is 11.5 Å². The zero-order valence-corrected chi connectivity index (χ0v) is 18.3. The summed E-state index contributed by atoms with van der Waals surface area (Å²) in [4.78, 5) is 2.70. The molecule has 1 fully saturated rings. The van der Waals surface area contributed by atoms with Gasteiger partial charge in [-0.15, -0.1) is 0 Å². The van der Waals surface area contributed by atoms with Gasteiger partial charge in [0.1, 0.15) is 5.82 Å². The van der Waals surface area contributed by atoms with E-state index in [9.17, 15) is 12.8 Å². The molecule has 0 bridgehead atoms. The van der Waals surface area contributed by atoms with Crippen LogP contribution in [0.1, 0.15) is 30.4 Å². The summed E-state index contributed by atoms with van der Waals surface area (Å²) in [5, 5.41) is -0.385. The zero-order chi connectivity index (χ0) is 21.3. The lowest BCUT2D eigenvalue weighted by atomic mass is 9.90. The molecule has 0 spiro atoms. The molecular weight excluding hydrogens is 405 g/mol. The van der Waals surface area contributed by atoms with Crippen molar-refractivity contribution in [3.63, 3.8) is 0 Å². The third kappa shape index (κ3) is 4.18. The molecule has 0 saturated carbocycles. The largest absolute Gasteiger partial charge is 0.493 e. The van der Waals surface area contributed by atoms with Gasteiger partial charge in [0.25, 0.3) is 0 Å². The molecule has 2 aromatic carbocycles. The van der Waals surface area contributed by atoms with Crippen LogP contribution in [0.2, 0.25) is 0 Å². The Morgan fingerprint density at radius 1 is 1.07 bits per heavy atom. The second-order valence-electron chi connectivity index (χ2n) is 8.27. The van der Waals surface area contributed by atoms with Gasteiger partial charge < -0.3 is 9.47 Å². The van der Waals surface area contributed by atoms with Gasteiger partial charge in [-0.2, -0.15) is 0 Å². The minimum atomic E-state index is -3.36. The van der Waals surface area contributed by atoms with E-state index in [1.807, 2.05) is 6.07 Å². The SMILES string of the molecule is COc1cc2c(cc1OC)S(=O)(=O)C(CC1CCN(Cc3cccc(F)c3)CC1)C2. The summed E-state index contributed by atoms with van der Waals surface area (Å²) in [6.07, 6.45) is 3.13. The number of likely N-dealkylation sites (tertiary alicyclic amines) is 1. The third-order valence-electron chi connectivity index (χ3n) is 6.36. The number of hydrogen-bond acceptors (Lipinski definition) is 5. The number of rotatable bonds is 6. The molecule has 4 rings (SSSR count). The van der Waals surface area contributed by atoms with Gasteiger partial charge in [0.15, 0.2) is 21.3 Å². The smallest absolute Gasteiger partial charge is 0.181 e. The van der Waals surface area contributed by atoms with Crippen LogP contribution in [0.3, 0.4) is 0 Å². The zero-order valence-electron chi connectivity index (χ0n) is 17.4. The van der Waals surface area contributed by atoms with E-state index in [0.29, 0.717) is 35.2 Å². The van der Waals surface area contributed by atoms with Crippen molar-refractivity contribution in [1.29, 1.82) is 0 Å². The summed E-state index contributed by atoms with van der Waals surface area (Å²) in [6.45, 7) is 2.54. The molecule has 0 aliphatic carbocycles. The maximum absolute atomic E-state index is 13.4. The molecule has 1 saturated heterocycles. The van der Waals surface area contributed by atoms with Crippen LogP contribution in [0.4, 0.5) is 4.39 Å². The number of ether oxygens (including phenoxy) is 2. The van der Waals surface area contributed by atoms with Gasteiger partial charge in [-0.25, -0.2) is 12.8 Å². The lowest BCUT2D eigenvalue weighted by molar-refractivity contribution is 0.171. The molecule has 0 amide bonds. The molecule has 1 atom stereocenters. The predicted octanol–water partition coefficient (Wildman–Crippen LogP) is 3.84. The van der Waals surface area contributed by atoms with Gasteiger partial charge in [-0.05, 0) is 74.0 Å². The summed E-state index contributed by atoms with van der Waals surface area (Å²) < 4.78 is 50.3. The van der Waals surface area contributed by atoms with E-state index in [1.54, 1.807) is 31.4 Å². The van der Waals surface area contributed by atoms with Crippen molar-refractivity contribution in [2.45, 2.75) is 42.4 Å². The standard InChI is InChI=1S/C23H28FNO4S/c1-28-21-13-18-12-20(30(26,27)23(18)14-22(21)29-2)11-16-6-8-25(9-7-16)15-17-4-3-5-19(24)10-17/h3-5,10,13-14,16,20H,6-9,11-12,15H2,1-2H3. The van der Waals surface area contributed by atoms with E-state index < -0.39 is 9.84 Å². The molecule has 2 aromatic rings. The first-order valence-electron chi connectivity index (χ1n) is 10.4. The quantitative estimate of drug-likeness (QED) is 0.693. The van der Waals surface area contributed by atoms with Gasteiger partial charge in [-0.3, -0.25) is 4.90 Å². The fourth-order valence-corrected chi connectivity index (χ4v) is 6.78. The highest BCUT2D eigenvalue weighted by Crippen LogP contribution is 2.41. The summed E-state index contributed by atoms with van der Waals surface area (Å²) in [6, 6.07) is 10.1. The second kappa shape index (κ2) is 8.55. The Bertz CT molecular complexity index is 1020. The first-order chi connectivity index (χ1) is 14.4. The van der Waals surface area contributed by atoms with Crippen molar-refractivity contribution in [1.82, 2.24) is 4.90 Å². The number of nitrogens with zero attached hydrogens (tertiary/aromatic N) is 1. The second-order valence-corrected chi connectivity index (χ2v) is 10.5. The van der Waals surface area contributed by atoms with Crippen molar-refractivity contribution in [2.24, 2.45) is 5.92 Å². The van der Waals surface area contributed by atoms with Crippen molar-refractivity contribution < 1.29 is 22.3 Å². The lowest BCUT2D eigenvalue weighted by Crippen LogP contribution is -2.35. The molecular formula is C23H28FNO4S. The molecule has 7 heteroatoms. The molecule has 0 N–H and O–H groups in total. The number of fused-ring (bicyclic) bond motifs is 1. The lowest BCUT2D eigenvalue weighted by Gasteiger charge is -2.33. The molecule has 2 aliphatic heterocycles. The molecule has 30 heavy (non-hydrogen) atoms. The van der Waals surface area contributed by atoms with Crippen LogP contribution in [-0.4, -0.2) is 45.9 Å². The van der Waals surface area contributed by atoms with Gasteiger partial charge in [0.05, 0.1) is 24.4 Å². The average Bonchev–Trinajstić information content (AvgIpc) is 2.97. The summed E-state index contributed by atoms with van der Waals surface area (Å²) in [7, 11) is -0.288. The van der Waals surface area contributed by atoms with Gasteiger partial charge in [0.2, 0.25) is 0 Å². The van der Waals surface area contributed by atoms with E-state index >= 15 is 0 Å². The molecule has 2 aliphatic rings. The minimum absolute atomic E-state index is 0.207. The maximum atomic E-state index is 13.4. The van der Waals surface area contributed by atoms with Crippen LogP contribution in [0, 0.1) is 11.7 Å². The highest BCUT2D eigenvalue weighted by Gasteiger charge is 2.39. The Morgan fingerprint density at radius 2 is 1.77 bits per heavy atom. The van der Waals surface area contributed by atoms with E-state index in [-0.39, 0.29) is 11.1 Å². The average molecular weight is 434 g/mol. The number of sulfone groups is 1. The van der Waals surface area contributed by atoms with Crippen LogP contribution in [0.25, 0.3) is 0 Å². The fraction of sp³-hybridized carbons (Fsp3) is 0.478. The van der Waals surface area contributed by atoms with E-state index in [1.165, 1.54) is 13.2 Å². The Balaban J connectivity index is 1.38. The van der Waals surface area contributed by atoms with Crippen molar-refractivity contribution in [3.05, 3.63) is 53.3 Å². The van der Waals surface area contributed by atoms with Crippen LogP contribution < -0.4 is 9.47 Å². The van der Waals surface area contributed by atoms with Gasteiger partial charge >= 0.3 is 0 Å². The number of hydrogen-bond donors (Lipinski definition) is 0. The first kappa shape index (κ1) is 21.1. The van der Waals surface area contributed by atoms with Crippen LogP contribution in [0.5, 0.6) is 11.5 Å². The Morgan fingerprint density at radius 3 is 2.43 bits per heavy atom. The maximum Gasteiger partial charge on any atom is 0.181 e. The number of halogens is 1. The normalized spacial score (nSPS) is 21.4. The monoisotopic (exact) mass is 433 g/mol. The van der Waals surface area contributed by atoms with Crippen LogP contribution in [0.15, 0.2) is 41.3 Å². The number of benzene rings is 2. The van der Waals surface area contributed by atoms with Crippen molar-refractivity contribution in [2.75, 3.05) is 27.3 Å². The third-order valence-corrected chi connectivity index (χ3v) is 8.59. The number of piperidine rings is 1. The molecule has 5 nitrogen and oxygen atoms in total. The summed E-state index contributed by atoms with van der Waals surface area (Å²) in [5.41, 5.74) is 1.80. The highest BCUT2D eigenvalue weighted by molar-refractivity contribution is 7.92. The van der Waals surface area contributed by atoms with Gasteiger partial charge in [-0.1, -0.05) is 12.1 Å². The van der Waals surface area contributed by atoms with Crippen LogP contribution in [-0.2, 0) is 22.8 Å². The van der Waals surface area contributed by atoms with E-state index in [4.69, 9.17) is 9.47 Å². The minimum Gasteiger partial charge on any atom is -0.493 e. The molecule has 0 radical (unpaired) electrons. The predicted molar refractivity (Wildman–Crippen MR) is 113 cm³/mol. The molecule has 1 unspecified atom stereocenters. The Kier molecular flexibility index (Phi) is 6.02. The molecule has 0 aromatic heterocycles. The van der Waals surface area contributed by atoms with E-state index in [0.717, 1.165) is 43.6 Å². The van der Waals surface area contributed by atoms with Gasteiger partial charge in [0, 0.05) is 12.6 Å². The summed E-state index contributed by atoms with van der Waals surface area (Å²) in [5.74, 6) is 1.19. The van der Waals surface area contributed by atoms with Crippen molar-refractivity contribution >= 4 is 9.84 Å². The van der Waals surface area contributed by atoms with Crippen LogP contribution >= 0.6 is 0 Å².